The van der Waals surface area contributed by atoms with Gasteiger partial charge in [-0.15, -0.1) is 11.8 Å². The molecule has 0 bridgehead atoms. The second-order valence-electron chi connectivity index (χ2n) is 4.97. The minimum absolute atomic E-state index is 0.0451. The third kappa shape index (κ3) is 4.04. The normalized spacial score (nSPS) is 13.0. The number of amides is 2. The fourth-order valence-electron chi connectivity index (χ4n) is 2.18. The van der Waals surface area contributed by atoms with Gasteiger partial charge in [0.1, 0.15) is 12.4 Å². The number of rotatable bonds is 5. The van der Waals surface area contributed by atoms with E-state index in [0.717, 1.165) is 10.6 Å². The minimum atomic E-state index is -0.186. The number of para-hydroxylation sites is 1. The first kappa shape index (κ1) is 15.4. The molecule has 2 aromatic rings. The summed E-state index contributed by atoms with van der Waals surface area (Å²) in [6.07, 6.45) is 0. The molecule has 0 fully saturated rings. The second kappa shape index (κ2) is 7.19. The molecule has 0 radical (unpaired) electrons. The Morgan fingerprint density at radius 3 is 2.87 bits per heavy atom. The van der Waals surface area contributed by atoms with Crippen LogP contribution in [0.4, 0.5) is 5.69 Å². The second-order valence-corrected chi connectivity index (χ2v) is 5.98. The molecule has 2 N–H and O–H groups in total. The zero-order valence-corrected chi connectivity index (χ0v) is 13.2. The number of benzene rings is 2. The fourth-order valence-corrected chi connectivity index (χ4v) is 2.97. The maximum Gasteiger partial charge on any atom is 0.251 e. The van der Waals surface area contributed by atoms with Crippen LogP contribution >= 0.6 is 11.8 Å². The molecule has 5 nitrogen and oxygen atoms in total. The fraction of sp³-hybridized carbons (Fsp3) is 0.176. The highest BCUT2D eigenvalue weighted by Gasteiger charge is 2.17. The molecule has 0 aliphatic carbocycles. The van der Waals surface area contributed by atoms with Crippen molar-refractivity contribution in [3.05, 3.63) is 54.1 Å². The molecule has 2 aromatic carbocycles. The predicted octanol–water partition coefficient (Wildman–Crippen LogP) is 2.54. The largest absolute Gasteiger partial charge is 0.492 e. The maximum absolute atomic E-state index is 12.1. The van der Waals surface area contributed by atoms with Crippen LogP contribution in [0.1, 0.15) is 10.4 Å². The van der Waals surface area contributed by atoms with Crippen molar-refractivity contribution in [2.24, 2.45) is 0 Å². The molecule has 1 aliphatic rings. The quantitative estimate of drug-likeness (QED) is 0.828. The molecule has 0 atom stereocenters. The van der Waals surface area contributed by atoms with Crippen LogP contribution in [0.2, 0.25) is 0 Å². The van der Waals surface area contributed by atoms with Crippen molar-refractivity contribution in [3.63, 3.8) is 0 Å². The summed E-state index contributed by atoms with van der Waals surface area (Å²) in [4.78, 5) is 24.5. The minimum Gasteiger partial charge on any atom is -0.492 e. The van der Waals surface area contributed by atoms with Gasteiger partial charge in [-0.2, -0.15) is 0 Å². The highest BCUT2D eigenvalue weighted by molar-refractivity contribution is 8.00. The molecular formula is C17H16N2O3S. The number of carbonyl (C=O) groups excluding carboxylic acids is 2. The molecule has 1 heterocycles. The van der Waals surface area contributed by atoms with E-state index in [1.54, 1.807) is 12.1 Å². The Bertz CT molecular complexity index is 719. The molecule has 3 rings (SSSR count). The van der Waals surface area contributed by atoms with Gasteiger partial charge in [-0.25, -0.2) is 0 Å². The predicted molar refractivity (Wildman–Crippen MR) is 90.1 cm³/mol. The summed E-state index contributed by atoms with van der Waals surface area (Å²) < 4.78 is 5.52. The molecular weight excluding hydrogens is 312 g/mol. The van der Waals surface area contributed by atoms with Crippen molar-refractivity contribution in [3.8, 4) is 5.75 Å². The Labute approximate surface area is 138 Å². The van der Waals surface area contributed by atoms with Crippen LogP contribution in [-0.2, 0) is 4.79 Å². The molecule has 0 saturated heterocycles. The summed E-state index contributed by atoms with van der Waals surface area (Å²) in [5.41, 5.74) is 1.21. The molecule has 118 valence electrons. The van der Waals surface area contributed by atoms with Crippen molar-refractivity contribution in [2.45, 2.75) is 4.90 Å². The van der Waals surface area contributed by atoms with Gasteiger partial charge in [0.05, 0.1) is 18.0 Å². The number of hydrogen-bond acceptors (Lipinski definition) is 4. The lowest BCUT2D eigenvalue weighted by Gasteiger charge is -2.17. The maximum atomic E-state index is 12.1. The van der Waals surface area contributed by atoms with Crippen LogP contribution in [0.5, 0.6) is 5.75 Å². The van der Waals surface area contributed by atoms with E-state index in [-0.39, 0.29) is 11.8 Å². The van der Waals surface area contributed by atoms with Crippen LogP contribution < -0.4 is 15.4 Å². The highest BCUT2D eigenvalue weighted by Crippen LogP contribution is 2.31. The number of carbonyl (C=O) groups is 2. The third-order valence-corrected chi connectivity index (χ3v) is 4.35. The molecule has 2 amide bonds. The summed E-state index contributed by atoms with van der Waals surface area (Å²) >= 11 is 1.47. The van der Waals surface area contributed by atoms with Crippen LogP contribution in [0, 0.1) is 0 Å². The van der Waals surface area contributed by atoms with Gasteiger partial charge in [0.15, 0.2) is 0 Å². The Morgan fingerprint density at radius 2 is 2.04 bits per heavy atom. The van der Waals surface area contributed by atoms with E-state index in [4.69, 9.17) is 4.74 Å². The van der Waals surface area contributed by atoms with Crippen LogP contribution in [-0.4, -0.2) is 30.7 Å². The van der Waals surface area contributed by atoms with Crippen molar-refractivity contribution in [1.29, 1.82) is 0 Å². The van der Waals surface area contributed by atoms with E-state index < -0.39 is 0 Å². The summed E-state index contributed by atoms with van der Waals surface area (Å²) in [5, 5.41) is 5.58. The van der Waals surface area contributed by atoms with Crippen molar-refractivity contribution in [1.82, 2.24) is 5.32 Å². The molecule has 1 aliphatic heterocycles. The number of thioether (sulfide) groups is 1. The van der Waals surface area contributed by atoms with Gasteiger partial charge in [0.25, 0.3) is 5.91 Å². The van der Waals surface area contributed by atoms with Gasteiger partial charge in [-0.3, -0.25) is 9.59 Å². The highest BCUT2D eigenvalue weighted by atomic mass is 32.2. The number of hydrogen-bond donors (Lipinski definition) is 2. The molecule has 0 saturated carbocycles. The van der Waals surface area contributed by atoms with Crippen molar-refractivity contribution < 1.29 is 14.3 Å². The van der Waals surface area contributed by atoms with E-state index in [2.05, 4.69) is 10.6 Å². The van der Waals surface area contributed by atoms with Gasteiger partial charge in [0, 0.05) is 10.5 Å². The topological polar surface area (TPSA) is 67.4 Å². The first-order valence-electron chi connectivity index (χ1n) is 7.25. The van der Waals surface area contributed by atoms with Crippen LogP contribution in [0.15, 0.2) is 53.4 Å². The van der Waals surface area contributed by atoms with E-state index in [1.807, 2.05) is 36.4 Å². The summed E-state index contributed by atoms with van der Waals surface area (Å²) in [6, 6.07) is 14.8. The zero-order chi connectivity index (χ0) is 16.1. The zero-order valence-electron chi connectivity index (χ0n) is 12.4. The van der Waals surface area contributed by atoms with Crippen LogP contribution in [0.25, 0.3) is 0 Å². The van der Waals surface area contributed by atoms with Crippen molar-refractivity contribution >= 4 is 29.3 Å². The van der Waals surface area contributed by atoms with Gasteiger partial charge in [0.2, 0.25) is 5.91 Å². The van der Waals surface area contributed by atoms with E-state index in [1.165, 1.54) is 11.8 Å². The number of anilines is 1. The molecule has 0 aromatic heterocycles. The van der Waals surface area contributed by atoms with Crippen molar-refractivity contribution in [2.75, 3.05) is 24.2 Å². The Kier molecular flexibility index (Phi) is 4.83. The Balaban J connectivity index is 1.52. The lowest BCUT2D eigenvalue weighted by atomic mass is 10.2. The Morgan fingerprint density at radius 1 is 1.22 bits per heavy atom. The lowest BCUT2D eigenvalue weighted by Crippen LogP contribution is -2.28. The third-order valence-electron chi connectivity index (χ3n) is 3.27. The van der Waals surface area contributed by atoms with Gasteiger partial charge in [-0.1, -0.05) is 18.2 Å². The van der Waals surface area contributed by atoms with Crippen LogP contribution in [0.3, 0.4) is 0 Å². The Hall–Kier alpha value is -2.47. The van der Waals surface area contributed by atoms with E-state index >= 15 is 0 Å². The molecule has 6 heteroatoms. The average molecular weight is 328 g/mol. The summed E-state index contributed by atoms with van der Waals surface area (Å²) in [6.45, 7) is 0.805. The number of ether oxygens (including phenoxy) is 1. The van der Waals surface area contributed by atoms with E-state index in [0.29, 0.717) is 30.2 Å². The SMILES string of the molecule is O=C1CSc2ccc(C(=O)NCCOc3ccccc3)cc2N1. The molecule has 23 heavy (non-hydrogen) atoms. The molecule has 0 unspecified atom stereocenters. The summed E-state index contributed by atoms with van der Waals surface area (Å²) in [5.74, 6) is 0.955. The summed E-state index contributed by atoms with van der Waals surface area (Å²) in [7, 11) is 0. The lowest BCUT2D eigenvalue weighted by molar-refractivity contribution is -0.113. The first-order valence-corrected chi connectivity index (χ1v) is 8.24. The molecule has 0 spiro atoms. The van der Waals surface area contributed by atoms with Gasteiger partial charge >= 0.3 is 0 Å². The standard InChI is InChI=1S/C17H16N2O3S/c20-16-11-23-15-7-6-12(10-14(15)19-16)17(21)18-8-9-22-13-4-2-1-3-5-13/h1-7,10H,8-9,11H2,(H,18,21)(H,19,20). The number of fused-ring (bicyclic) bond motifs is 1. The van der Waals surface area contributed by atoms with Gasteiger partial charge in [-0.05, 0) is 30.3 Å². The van der Waals surface area contributed by atoms with Gasteiger partial charge < -0.3 is 15.4 Å². The average Bonchev–Trinajstić information content (AvgIpc) is 2.58. The first-order chi connectivity index (χ1) is 11.2. The smallest absolute Gasteiger partial charge is 0.251 e. The van der Waals surface area contributed by atoms with E-state index in [9.17, 15) is 9.59 Å². The monoisotopic (exact) mass is 328 g/mol. The number of nitrogens with one attached hydrogen (secondary N) is 2.